The first-order chi connectivity index (χ1) is 25.2. The number of likely N-dealkylation sites (tertiary alicyclic amines) is 1. The zero-order chi connectivity index (χ0) is 38.8. The van der Waals surface area contributed by atoms with E-state index >= 15 is 0 Å². The van der Waals surface area contributed by atoms with E-state index in [9.17, 15) is 33.0 Å². The molecule has 1 saturated heterocycles. The van der Waals surface area contributed by atoms with Gasteiger partial charge in [-0.2, -0.15) is 13.2 Å². The first kappa shape index (κ1) is 42.2. The molecule has 0 aromatic heterocycles. The van der Waals surface area contributed by atoms with Gasteiger partial charge in [0.05, 0.1) is 11.0 Å². The van der Waals surface area contributed by atoms with Crippen molar-refractivity contribution in [3.8, 4) is 11.5 Å². The van der Waals surface area contributed by atoms with E-state index < -0.39 is 47.3 Å². The summed E-state index contributed by atoms with van der Waals surface area (Å²) >= 11 is 0. The lowest BCUT2D eigenvalue weighted by molar-refractivity contribution is -0.192. The van der Waals surface area contributed by atoms with Gasteiger partial charge in [0, 0.05) is 24.4 Å². The van der Waals surface area contributed by atoms with Crippen LogP contribution in [0.3, 0.4) is 0 Å². The third kappa shape index (κ3) is 9.75. The van der Waals surface area contributed by atoms with Crippen molar-refractivity contribution in [2.24, 2.45) is 0 Å². The van der Waals surface area contributed by atoms with Gasteiger partial charge in [0.25, 0.3) is 0 Å². The molecule has 0 saturated carbocycles. The van der Waals surface area contributed by atoms with Crippen LogP contribution in [0.2, 0.25) is 0 Å². The Hall–Kier alpha value is -3.58. The molecule has 2 aliphatic heterocycles. The summed E-state index contributed by atoms with van der Waals surface area (Å²) in [4.78, 5) is 36.7. The molecule has 1 unspecified atom stereocenters. The fraction of sp³-hybridized carbons (Fsp3) is 0.675. The highest BCUT2D eigenvalue weighted by molar-refractivity contribution is 5.80. The number of ether oxygens (including phenoxy) is 3. The summed E-state index contributed by atoms with van der Waals surface area (Å²) in [5.41, 5.74) is -0.0818. The average molecular weight is 752 g/mol. The maximum absolute atomic E-state index is 13.1. The summed E-state index contributed by atoms with van der Waals surface area (Å²) in [6, 6.07) is 3.42. The van der Waals surface area contributed by atoms with Crippen LogP contribution >= 0.6 is 0 Å². The van der Waals surface area contributed by atoms with Crippen molar-refractivity contribution in [2.75, 3.05) is 13.6 Å². The minimum absolute atomic E-state index is 0.0193. The molecule has 4 aliphatic rings. The molecule has 2 aliphatic carbocycles. The highest BCUT2D eigenvalue weighted by atomic mass is 19.4. The number of phenols is 1. The minimum atomic E-state index is -5.08. The Morgan fingerprint density at radius 1 is 1.02 bits per heavy atom. The molecule has 1 aromatic carbocycles. The van der Waals surface area contributed by atoms with E-state index in [2.05, 4.69) is 24.0 Å². The lowest BCUT2D eigenvalue weighted by atomic mass is 9.50. The summed E-state index contributed by atoms with van der Waals surface area (Å²) in [7, 11) is 2.03. The van der Waals surface area contributed by atoms with Gasteiger partial charge in [-0.3, -0.25) is 4.79 Å². The van der Waals surface area contributed by atoms with Crippen LogP contribution in [0, 0.1) is 0 Å². The molecule has 13 heteroatoms. The zero-order valence-electron chi connectivity index (χ0n) is 31.2. The number of carbonyl (C=O) groups is 3. The lowest BCUT2D eigenvalue weighted by Gasteiger charge is -2.61. The number of allylic oxidation sites excluding steroid dienone is 2. The fourth-order valence-electron chi connectivity index (χ4n) is 8.28. The third-order valence-electron chi connectivity index (χ3n) is 11.1. The SMILES string of the molecule is CCCCCCCCC=CCCCCCCCC(=O)O[C@@H](C)C(=O)OC1=CC[C@]2(O)C3Cc4ccc(O)c5c4[C@@]2(CCN3C)[C@H]1O5.O=C(O)C(F)(F)F. The molecule has 2 bridgehead atoms. The molecule has 53 heavy (non-hydrogen) atoms. The molecule has 3 N–H and O–H groups in total. The van der Waals surface area contributed by atoms with Gasteiger partial charge in [0.15, 0.2) is 23.7 Å². The predicted molar refractivity (Wildman–Crippen MR) is 191 cm³/mol. The maximum Gasteiger partial charge on any atom is 0.490 e. The number of phenolic OH excluding ortho intramolecular Hbond substituents is 1. The number of unbranched alkanes of at least 4 members (excludes halogenated alkanes) is 11. The molecule has 1 spiro atoms. The Bertz CT molecular complexity index is 1490. The number of aliphatic carboxylic acids is 1. The highest BCUT2D eigenvalue weighted by Crippen LogP contribution is 2.65. The standard InChI is InChI=1S/C38H55NO7.C2HF3O2/c1-4-5-6-7-8-9-10-11-12-13-14-15-16-17-18-19-32(41)44-27(2)36(42)45-30-22-23-38(43)31-26-28-20-21-29(40)34-33(28)37(38,35(30)46-34)24-25-39(31)3;3-2(4,5)1(6)7/h11-12,20-22,27,31,35,40,43H,4-10,13-19,23-26H2,1-3H3;(H,6,7)/t27-,31?,35-,37-,38-;/m0./s1. The summed E-state index contributed by atoms with van der Waals surface area (Å²) < 4.78 is 49.4. The molecule has 10 nitrogen and oxygen atoms in total. The van der Waals surface area contributed by atoms with Crippen molar-refractivity contribution in [1.82, 2.24) is 4.90 Å². The number of likely N-dealkylation sites (N-methyl/N-ethyl adjacent to an activating group) is 1. The number of halogens is 3. The van der Waals surface area contributed by atoms with Crippen LogP contribution < -0.4 is 4.74 Å². The third-order valence-corrected chi connectivity index (χ3v) is 11.1. The number of hydrogen-bond acceptors (Lipinski definition) is 9. The number of nitrogens with zero attached hydrogens (tertiary/aromatic N) is 1. The van der Waals surface area contributed by atoms with E-state index in [1.807, 2.05) is 13.1 Å². The second-order valence-corrected chi connectivity index (χ2v) is 14.8. The molecule has 1 aromatic rings. The molecule has 5 rings (SSSR count). The van der Waals surface area contributed by atoms with Crippen molar-refractivity contribution in [3.63, 3.8) is 0 Å². The molecular formula is C40H56F3NO9. The van der Waals surface area contributed by atoms with E-state index in [0.29, 0.717) is 30.8 Å². The highest BCUT2D eigenvalue weighted by Gasteiger charge is 2.72. The predicted octanol–water partition coefficient (Wildman–Crippen LogP) is 7.82. The van der Waals surface area contributed by atoms with Crippen LogP contribution in [-0.4, -0.2) is 81.7 Å². The summed E-state index contributed by atoms with van der Waals surface area (Å²) in [5, 5.41) is 30.0. The van der Waals surface area contributed by atoms with Crippen LogP contribution in [0.15, 0.2) is 36.1 Å². The molecule has 5 atom stereocenters. The topological polar surface area (TPSA) is 143 Å². The van der Waals surface area contributed by atoms with Crippen LogP contribution in [0.25, 0.3) is 0 Å². The lowest BCUT2D eigenvalue weighted by Crippen LogP contribution is -2.74. The number of aromatic hydroxyl groups is 1. The van der Waals surface area contributed by atoms with E-state index in [4.69, 9.17) is 24.1 Å². The molecule has 1 fully saturated rings. The number of aliphatic hydroxyl groups is 1. The maximum atomic E-state index is 13.1. The number of piperidine rings is 1. The Labute approximate surface area is 310 Å². The number of carbonyl (C=O) groups excluding carboxylic acids is 2. The zero-order valence-corrected chi connectivity index (χ0v) is 31.2. The largest absolute Gasteiger partial charge is 0.504 e. The van der Waals surface area contributed by atoms with E-state index in [1.165, 1.54) is 58.3 Å². The molecule has 296 valence electrons. The van der Waals surface area contributed by atoms with Crippen LogP contribution in [0.1, 0.15) is 128 Å². The van der Waals surface area contributed by atoms with Gasteiger partial charge in [-0.05, 0) is 83.2 Å². The Morgan fingerprint density at radius 2 is 1.62 bits per heavy atom. The monoisotopic (exact) mass is 751 g/mol. The van der Waals surface area contributed by atoms with Gasteiger partial charge in [0.2, 0.25) is 0 Å². The number of hydrogen-bond donors (Lipinski definition) is 3. The molecule has 0 amide bonds. The minimum Gasteiger partial charge on any atom is -0.504 e. The average Bonchev–Trinajstić information content (AvgIpc) is 3.46. The van der Waals surface area contributed by atoms with Crippen LogP contribution in [-0.2, 0) is 35.7 Å². The Morgan fingerprint density at radius 3 is 2.25 bits per heavy atom. The van der Waals surface area contributed by atoms with Gasteiger partial charge in [-0.1, -0.05) is 76.5 Å². The number of esters is 2. The van der Waals surface area contributed by atoms with Crippen molar-refractivity contribution >= 4 is 17.9 Å². The van der Waals surface area contributed by atoms with E-state index in [0.717, 1.165) is 49.8 Å². The van der Waals surface area contributed by atoms with Gasteiger partial charge < -0.3 is 34.4 Å². The first-order valence-electron chi connectivity index (χ1n) is 19.2. The van der Waals surface area contributed by atoms with E-state index in [1.54, 1.807) is 12.1 Å². The second-order valence-electron chi connectivity index (χ2n) is 14.8. The van der Waals surface area contributed by atoms with Gasteiger partial charge in [-0.15, -0.1) is 0 Å². The van der Waals surface area contributed by atoms with Gasteiger partial charge in [0.1, 0.15) is 5.76 Å². The number of carboxylic acid groups (broad SMARTS) is 1. The summed E-state index contributed by atoms with van der Waals surface area (Å²) in [6.07, 6.45) is 16.7. The number of carboxylic acids is 1. The molecular weight excluding hydrogens is 695 g/mol. The molecule has 0 radical (unpaired) electrons. The second kappa shape index (κ2) is 18.6. The van der Waals surface area contributed by atoms with E-state index in [-0.39, 0.29) is 18.2 Å². The number of alkyl halides is 3. The van der Waals surface area contributed by atoms with Crippen molar-refractivity contribution in [2.45, 2.75) is 158 Å². The normalized spacial score (nSPS) is 24.7. The van der Waals surface area contributed by atoms with Crippen molar-refractivity contribution < 1.29 is 57.1 Å². The smallest absolute Gasteiger partial charge is 0.490 e. The summed E-state index contributed by atoms with van der Waals surface area (Å²) in [5.74, 6) is -3.14. The summed E-state index contributed by atoms with van der Waals surface area (Å²) in [6.45, 7) is 4.52. The first-order valence-corrected chi connectivity index (χ1v) is 19.2. The molecule has 2 heterocycles. The van der Waals surface area contributed by atoms with Crippen LogP contribution in [0.5, 0.6) is 11.5 Å². The van der Waals surface area contributed by atoms with Gasteiger partial charge >= 0.3 is 24.1 Å². The van der Waals surface area contributed by atoms with Crippen molar-refractivity contribution in [3.05, 3.63) is 47.2 Å². The Balaban J connectivity index is 0.000000815. The number of benzene rings is 1. The Kier molecular flexibility index (Phi) is 14.8. The van der Waals surface area contributed by atoms with Crippen molar-refractivity contribution in [1.29, 1.82) is 0 Å². The number of rotatable bonds is 18. The quantitative estimate of drug-likeness (QED) is 0.0772. The van der Waals surface area contributed by atoms with Crippen LogP contribution in [0.4, 0.5) is 13.2 Å². The van der Waals surface area contributed by atoms with Gasteiger partial charge in [-0.25, -0.2) is 9.59 Å². The fourth-order valence-corrected chi connectivity index (χ4v) is 8.28.